The maximum absolute atomic E-state index is 13.3. The van der Waals surface area contributed by atoms with E-state index in [1.54, 1.807) is 18.2 Å². The summed E-state index contributed by atoms with van der Waals surface area (Å²) in [4.78, 5) is 40.4. The van der Waals surface area contributed by atoms with Crippen LogP contribution >= 0.6 is 0 Å². The van der Waals surface area contributed by atoms with Crippen molar-refractivity contribution >= 4 is 23.6 Å². The fourth-order valence-corrected chi connectivity index (χ4v) is 5.14. The van der Waals surface area contributed by atoms with Crippen LogP contribution in [0.25, 0.3) is 6.08 Å². The van der Waals surface area contributed by atoms with Crippen molar-refractivity contribution in [1.82, 2.24) is 9.80 Å². The third kappa shape index (κ3) is 5.75. The molecule has 0 unspecified atom stereocenters. The normalized spacial score (nSPS) is 17.3. The third-order valence-corrected chi connectivity index (χ3v) is 7.42. The van der Waals surface area contributed by atoms with E-state index in [4.69, 9.17) is 4.74 Å². The number of para-hydroxylation sites is 1. The van der Waals surface area contributed by atoms with Crippen molar-refractivity contribution in [3.63, 3.8) is 0 Å². The van der Waals surface area contributed by atoms with E-state index in [0.29, 0.717) is 43.7 Å². The molecule has 2 saturated heterocycles. The molecule has 0 bridgehead atoms. The highest BCUT2D eigenvalue weighted by atomic mass is 16.6. The molecule has 2 amide bonds. The highest BCUT2D eigenvalue weighted by Gasteiger charge is 2.43. The molecule has 2 aliphatic heterocycles. The van der Waals surface area contributed by atoms with Crippen molar-refractivity contribution in [3.05, 3.63) is 75.3 Å². The Hall–Kier alpha value is -3.68. The van der Waals surface area contributed by atoms with Crippen LogP contribution in [0.4, 0.5) is 5.69 Å². The first kappa shape index (κ1) is 25.4. The average molecular weight is 492 g/mol. The number of piperidine rings is 1. The van der Waals surface area contributed by atoms with Gasteiger partial charge in [0.05, 0.1) is 4.92 Å². The zero-order valence-corrected chi connectivity index (χ0v) is 20.9. The lowest BCUT2D eigenvalue weighted by molar-refractivity contribution is -0.384. The lowest BCUT2D eigenvalue weighted by atomic mass is 9.78. The van der Waals surface area contributed by atoms with Gasteiger partial charge in [-0.1, -0.05) is 37.3 Å². The first-order chi connectivity index (χ1) is 17.3. The van der Waals surface area contributed by atoms with Crippen LogP contribution in [0.15, 0.2) is 54.1 Å². The summed E-state index contributed by atoms with van der Waals surface area (Å²) >= 11 is 0. The Morgan fingerprint density at radius 3 is 2.42 bits per heavy atom. The summed E-state index contributed by atoms with van der Waals surface area (Å²) in [6, 6.07) is 14.0. The molecule has 4 rings (SSSR count). The molecule has 0 atom stereocenters. The molecule has 2 aromatic rings. The standard InChI is InChI=1S/C28H33N3O5/c1-3-23(17-22-8-6-9-24(18-22)31(34)35)27(33)30-16-13-28(20-30)11-14-29(15-12-28)26(32)19-36-25-10-5-4-7-21(25)2/h4-10,17-18H,3,11-16,19-20H2,1-2H3. The second-order valence-electron chi connectivity index (χ2n) is 9.79. The molecule has 2 aromatic carbocycles. The molecular formula is C28H33N3O5. The van der Waals surface area contributed by atoms with Gasteiger partial charge in [-0.15, -0.1) is 0 Å². The molecule has 2 heterocycles. The SMILES string of the molecule is CCC(=Cc1cccc([N+](=O)[O-])c1)C(=O)N1CCC2(CCN(C(=O)COc3ccccc3C)CC2)C1. The van der Waals surface area contributed by atoms with E-state index in [1.807, 2.05) is 47.9 Å². The van der Waals surface area contributed by atoms with Crippen molar-refractivity contribution in [2.75, 3.05) is 32.8 Å². The van der Waals surface area contributed by atoms with E-state index < -0.39 is 4.92 Å². The molecule has 190 valence electrons. The number of ether oxygens (including phenoxy) is 1. The number of benzene rings is 2. The second-order valence-corrected chi connectivity index (χ2v) is 9.79. The minimum absolute atomic E-state index is 0.00723. The van der Waals surface area contributed by atoms with Gasteiger partial charge in [-0.05, 0) is 61.3 Å². The predicted octanol–water partition coefficient (Wildman–Crippen LogP) is 4.62. The number of carbonyl (C=O) groups is 2. The van der Waals surface area contributed by atoms with Crippen molar-refractivity contribution in [1.29, 1.82) is 0 Å². The van der Waals surface area contributed by atoms with Crippen LogP contribution < -0.4 is 4.74 Å². The van der Waals surface area contributed by atoms with Crippen LogP contribution in [0.2, 0.25) is 0 Å². The lowest BCUT2D eigenvalue weighted by Crippen LogP contribution is -2.46. The zero-order chi connectivity index (χ0) is 25.7. The number of amides is 2. The van der Waals surface area contributed by atoms with Crippen LogP contribution in [-0.2, 0) is 9.59 Å². The number of nitro groups is 1. The molecule has 36 heavy (non-hydrogen) atoms. The molecule has 2 aliphatic rings. The van der Waals surface area contributed by atoms with Gasteiger partial charge in [-0.25, -0.2) is 0 Å². The minimum atomic E-state index is -0.430. The fourth-order valence-electron chi connectivity index (χ4n) is 5.14. The van der Waals surface area contributed by atoms with Crippen molar-refractivity contribution in [2.45, 2.75) is 39.5 Å². The summed E-state index contributed by atoms with van der Waals surface area (Å²) < 4.78 is 5.74. The van der Waals surface area contributed by atoms with Gasteiger partial charge in [0, 0.05) is 43.9 Å². The number of hydrogen-bond acceptors (Lipinski definition) is 5. The average Bonchev–Trinajstić information content (AvgIpc) is 3.30. The smallest absolute Gasteiger partial charge is 0.270 e. The molecule has 0 saturated carbocycles. The highest BCUT2D eigenvalue weighted by Crippen LogP contribution is 2.41. The van der Waals surface area contributed by atoms with Gasteiger partial charge in [-0.2, -0.15) is 0 Å². The second kappa shape index (κ2) is 10.9. The number of likely N-dealkylation sites (tertiary alicyclic amines) is 2. The number of rotatable bonds is 7. The molecule has 0 aliphatic carbocycles. The lowest BCUT2D eigenvalue weighted by Gasteiger charge is -2.39. The summed E-state index contributed by atoms with van der Waals surface area (Å²) in [5.74, 6) is 0.715. The van der Waals surface area contributed by atoms with Gasteiger partial charge >= 0.3 is 0 Å². The minimum Gasteiger partial charge on any atom is -0.484 e. The number of carbonyl (C=O) groups excluding carboxylic acids is 2. The van der Waals surface area contributed by atoms with E-state index in [0.717, 1.165) is 30.6 Å². The third-order valence-electron chi connectivity index (χ3n) is 7.42. The van der Waals surface area contributed by atoms with Gasteiger partial charge in [-0.3, -0.25) is 19.7 Å². The van der Waals surface area contributed by atoms with Gasteiger partial charge in [0.2, 0.25) is 5.91 Å². The highest BCUT2D eigenvalue weighted by molar-refractivity contribution is 5.98. The Morgan fingerprint density at radius 1 is 1.06 bits per heavy atom. The zero-order valence-electron chi connectivity index (χ0n) is 20.9. The summed E-state index contributed by atoms with van der Waals surface area (Å²) in [7, 11) is 0. The maximum atomic E-state index is 13.3. The maximum Gasteiger partial charge on any atom is 0.270 e. The number of aryl methyl sites for hydroxylation is 1. The number of non-ortho nitro benzene ring substituents is 1. The van der Waals surface area contributed by atoms with Crippen molar-refractivity contribution in [3.8, 4) is 5.75 Å². The summed E-state index contributed by atoms with van der Waals surface area (Å²) in [5.41, 5.74) is 2.35. The summed E-state index contributed by atoms with van der Waals surface area (Å²) in [5, 5.41) is 11.1. The summed E-state index contributed by atoms with van der Waals surface area (Å²) in [6.45, 7) is 6.63. The van der Waals surface area contributed by atoms with Gasteiger partial charge < -0.3 is 14.5 Å². The monoisotopic (exact) mass is 491 g/mol. The van der Waals surface area contributed by atoms with Crippen LogP contribution in [0.3, 0.4) is 0 Å². The Kier molecular flexibility index (Phi) is 7.72. The van der Waals surface area contributed by atoms with E-state index in [1.165, 1.54) is 12.1 Å². The molecular weight excluding hydrogens is 458 g/mol. The van der Waals surface area contributed by atoms with Gasteiger partial charge in [0.25, 0.3) is 11.6 Å². The quantitative estimate of drug-likeness (QED) is 0.320. The van der Waals surface area contributed by atoms with Crippen LogP contribution in [0.1, 0.15) is 43.7 Å². The largest absolute Gasteiger partial charge is 0.484 e. The molecule has 8 heteroatoms. The molecule has 0 aromatic heterocycles. The van der Waals surface area contributed by atoms with E-state index >= 15 is 0 Å². The first-order valence-electron chi connectivity index (χ1n) is 12.5. The van der Waals surface area contributed by atoms with Crippen LogP contribution in [0, 0.1) is 22.5 Å². The predicted molar refractivity (Wildman–Crippen MR) is 137 cm³/mol. The van der Waals surface area contributed by atoms with E-state index in [-0.39, 0.29) is 29.5 Å². The Bertz CT molecular complexity index is 1170. The molecule has 0 N–H and O–H groups in total. The van der Waals surface area contributed by atoms with E-state index in [2.05, 4.69) is 0 Å². The van der Waals surface area contributed by atoms with Crippen LogP contribution in [0.5, 0.6) is 5.75 Å². The van der Waals surface area contributed by atoms with Gasteiger partial charge in [0.15, 0.2) is 6.61 Å². The number of hydrogen-bond donors (Lipinski definition) is 0. The molecule has 8 nitrogen and oxygen atoms in total. The van der Waals surface area contributed by atoms with Gasteiger partial charge in [0.1, 0.15) is 5.75 Å². The Morgan fingerprint density at radius 2 is 1.75 bits per heavy atom. The first-order valence-corrected chi connectivity index (χ1v) is 12.5. The molecule has 0 radical (unpaired) electrons. The van der Waals surface area contributed by atoms with Crippen LogP contribution in [-0.4, -0.2) is 59.3 Å². The fraction of sp³-hybridized carbons (Fsp3) is 0.429. The summed E-state index contributed by atoms with van der Waals surface area (Å²) in [6.07, 6.45) is 4.96. The topological polar surface area (TPSA) is 93.0 Å². The van der Waals surface area contributed by atoms with Crippen molar-refractivity contribution < 1.29 is 19.2 Å². The van der Waals surface area contributed by atoms with Crippen molar-refractivity contribution in [2.24, 2.45) is 5.41 Å². The van der Waals surface area contributed by atoms with E-state index in [9.17, 15) is 19.7 Å². The molecule has 1 spiro atoms. The number of nitrogens with zero attached hydrogens (tertiary/aromatic N) is 3. The molecule has 2 fully saturated rings. The Labute approximate surface area is 211 Å². The Balaban J connectivity index is 1.32. The number of nitro benzene ring substituents is 1.